The minimum absolute atomic E-state index is 0.224. The van der Waals surface area contributed by atoms with Gasteiger partial charge < -0.3 is 10.6 Å². The number of hydrogen-bond acceptors (Lipinski definition) is 3. The van der Waals surface area contributed by atoms with Crippen molar-refractivity contribution < 1.29 is 5.03 Å². The molecule has 74 valence electrons. The van der Waals surface area contributed by atoms with Gasteiger partial charge in [-0.15, -0.1) is 0 Å². The number of nitrogens with one attached hydrogen (secondary N) is 2. The Hall–Kier alpha value is -1.37. The molecule has 1 aliphatic heterocycles. The van der Waals surface area contributed by atoms with Crippen LogP contribution >= 0.6 is 0 Å². The minimum atomic E-state index is -0.722. The monoisotopic (exact) mass is 187 g/mol. The summed E-state index contributed by atoms with van der Waals surface area (Å²) >= 11 is 0. The number of nitrogens with zero attached hydrogens (tertiary/aromatic N) is 3. The summed E-state index contributed by atoms with van der Waals surface area (Å²) in [6.45, 7) is 5.27. The normalized spacial score (nSPS) is 17.9. The van der Waals surface area contributed by atoms with Gasteiger partial charge in [-0.3, -0.25) is 4.90 Å². The number of nitro groups is 1. The van der Waals surface area contributed by atoms with Crippen LogP contribution in [-0.4, -0.2) is 35.3 Å². The van der Waals surface area contributed by atoms with Gasteiger partial charge in [-0.25, -0.2) is 10.1 Å². The van der Waals surface area contributed by atoms with Crippen LogP contribution in [0.25, 0.3) is 0 Å². The second-order valence-corrected chi connectivity index (χ2v) is 3.04. The molecule has 13 heavy (non-hydrogen) atoms. The third kappa shape index (κ3) is 2.86. The van der Waals surface area contributed by atoms with Gasteiger partial charge in [-0.05, 0) is 13.8 Å². The van der Waals surface area contributed by atoms with Gasteiger partial charge in [0.25, 0.3) is 5.96 Å². The van der Waals surface area contributed by atoms with Gasteiger partial charge in [0.15, 0.2) is 5.03 Å². The average Bonchev–Trinajstić information content (AvgIpc) is 2.04. The molecular weight excluding hydrogens is 174 g/mol. The Morgan fingerprint density at radius 2 is 2.08 bits per heavy atom. The Balaban J connectivity index is 2.43. The van der Waals surface area contributed by atoms with Gasteiger partial charge in [-0.2, -0.15) is 0 Å². The molecule has 2 N–H and O–H groups in total. The van der Waals surface area contributed by atoms with Crippen molar-refractivity contribution in [1.82, 2.24) is 15.5 Å². The van der Waals surface area contributed by atoms with Crippen LogP contribution in [0.15, 0.2) is 5.10 Å². The Morgan fingerprint density at radius 1 is 1.54 bits per heavy atom. The fourth-order valence-electron chi connectivity index (χ4n) is 0.989. The van der Waals surface area contributed by atoms with Crippen LogP contribution < -0.4 is 10.6 Å². The van der Waals surface area contributed by atoms with Crippen LogP contribution in [0, 0.1) is 10.1 Å². The number of rotatable bonds is 2. The highest BCUT2D eigenvalue weighted by molar-refractivity contribution is 5.79. The smallest absolute Gasteiger partial charge is 0.270 e. The first-order valence-corrected chi connectivity index (χ1v) is 4.04. The van der Waals surface area contributed by atoms with E-state index >= 15 is 0 Å². The van der Waals surface area contributed by atoms with Crippen molar-refractivity contribution in [3.05, 3.63) is 10.1 Å². The highest BCUT2D eigenvalue weighted by Crippen LogP contribution is 1.96. The van der Waals surface area contributed by atoms with E-state index in [-0.39, 0.29) is 5.96 Å². The summed E-state index contributed by atoms with van der Waals surface area (Å²) in [5, 5.41) is 18.0. The summed E-state index contributed by atoms with van der Waals surface area (Å²) in [5.74, 6) is 0.224. The molecule has 7 heteroatoms. The highest BCUT2D eigenvalue weighted by atomic mass is 16.7. The van der Waals surface area contributed by atoms with Gasteiger partial charge in [0.05, 0.1) is 13.3 Å². The molecule has 0 spiro atoms. The van der Waals surface area contributed by atoms with E-state index in [9.17, 15) is 10.1 Å². The van der Waals surface area contributed by atoms with Gasteiger partial charge >= 0.3 is 0 Å². The lowest BCUT2D eigenvalue weighted by Crippen LogP contribution is -2.56. The molecule has 0 atom stereocenters. The maximum absolute atomic E-state index is 10.0. The largest absolute Gasteiger partial charge is 0.338 e. The van der Waals surface area contributed by atoms with Crippen molar-refractivity contribution >= 4 is 5.96 Å². The molecule has 1 aliphatic rings. The maximum Gasteiger partial charge on any atom is 0.270 e. The van der Waals surface area contributed by atoms with E-state index in [1.165, 1.54) is 0 Å². The van der Waals surface area contributed by atoms with Gasteiger partial charge in [0.1, 0.15) is 5.10 Å². The zero-order valence-corrected chi connectivity index (χ0v) is 7.65. The number of hydrogen-bond donors (Lipinski definition) is 2. The molecule has 0 aromatic carbocycles. The molecule has 0 radical (unpaired) electrons. The molecule has 0 aromatic heterocycles. The first-order valence-electron chi connectivity index (χ1n) is 4.04. The zero-order valence-electron chi connectivity index (χ0n) is 7.65. The Kier molecular flexibility index (Phi) is 3.02. The average molecular weight is 187 g/mol. The van der Waals surface area contributed by atoms with Crippen molar-refractivity contribution in [1.29, 1.82) is 0 Å². The van der Waals surface area contributed by atoms with E-state index in [0.717, 1.165) is 0 Å². The van der Waals surface area contributed by atoms with Gasteiger partial charge in [-0.1, -0.05) is 0 Å². The zero-order chi connectivity index (χ0) is 9.84. The fourth-order valence-corrected chi connectivity index (χ4v) is 0.989. The molecule has 0 saturated carbocycles. The van der Waals surface area contributed by atoms with Crippen LogP contribution in [0.2, 0.25) is 0 Å². The van der Waals surface area contributed by atoms with E-state index in [2.05, 4.69) is 34.5 Å². The molecule has 0 bridgehead atoms. The van der Waals surface area contributed by atoms with Crippen molar-refractivity contribution in [2.75, 3.05) is 13.3 Å². The van der Waals surface area contributed by atoms with Crippen LogP contribution in [0.3, 0.4) is 0 Å². The summed E-state index contributed by atoms with van der Waals surface area (Å²) in [7, 11) is 0. The number of hydrazone groups is 1. The fraction of sp³-hybridized carbons (Fsp3) is 0.833. The van der Waals surface area contributed by atoms with E-state index in [1.807, 2.05) is 0 Å². The lowest BCUT2D eigenvalue weighted by molar-refractivity contribution is -0.485. The molecular formula is C6H13N5O2. The summed E-state index contributed by atoms with van der Waals surface area (Å²) < 4.78 is 0. The molecule has 1 fully saturated rings. The molecule has 0 aromatic rings. The highest BCUT2D eigenvalue weighted by Gasteiger charge is 2.17. The second-order valence-electron chi connectivity index (χ2n) is 3.04. The lowest BCUT2D eigenvalue weighted by Gasteiger charge is -2.31. The van der Waals surface area contributed by atoms with Crippen molar-refractivity contribution in [2.24, 2.45) is 5.10 Å². The second kappa shape index (κ2) is 4.04. The molecule has 7 nitrogen and oxygen atoms in total. The minimum Gasteiger partial charge on any atom is -0.338 e. The van der Waals surface area contributed by atoms with Crippen molar-refractivity contribution in [2.45, 2.75) is 19.9 Å². The molecule has 1 rings (SSSR count). The van der Waals surface area contributed by atoms with Gasteiger partial charge in [0, 0.05) is 6.04 Å². The van der Waals surface area contributed by atoms with Crippen LogP contribution in [0.4, 0.5) is 0 Å². The molecule has 1 saturated heterocycles. The van der Waals surface area contributed by atoms with E-state index in [4.69, 9.17) is 0 Å². The van der Waals surface area contributed by atoms with Crippen LogP contribution in [0.5, 0.6) is 0 Å². The quantitative estimate of drug-likeness (QED) is 0.443. The Bertz CT molecular complexity index is 217. The third-order valence-corrected chi connectivity index (χ3v) is 1.81. The van der Waals surface area contributed by atoms with Crippen LogP contribution in [0.1, 0.15) is 13.8 Å². The van der Waals surface area contributed by atoms with Crippen molar-refractivity contribution in [3.63, 3.8) is 0 Å². The molecule has 0 amide bonds. The summed E-state index contributed by atoms with van der Waals surface area (Å²) in [6, 6.07) is 0.400. The van der Waals surface area contributed by atoms with E-state index in [1.54, 1.807) is 0 Å². The summed E-state index contributed by atoms with van der Waals surface area (Å²) in [4.78, 5) is 12.1. The van der Waals surface area contributed by atoms with Crippen LogP contribution in [-0.2, 0) is 0 Å². The first kappa shape index (κ1) is 9.72. The van der Waals surface area contributed by atoms with E-state index in [0.29, 0.717) is 19.4 Å². The lowest BCUT2D eigenvalue weighted by atomic mass is 10.3. The maximum atomic E-state index is 10.0. The van der Waals surface area contributed by atoms with Crippen molar-refractivity contribution in [3.8, 4) is 0 Å². The Morgan fingerprint density at radius 3 is 2.46 bits per heavy atom. The number of guanidine groups is 1. The molecule has 0 aliphatic carbocycles. The topological polar surface area (TPSA) is 82.8 Å². The predicted octanol–water partition coefficient (Wildman–Crippen LogP) is -0.648. The molecule has 0 unspecified atom stereocenters. The van der Waals surface area contributed by atoms with E-state index < -0.39 is 5.03 Å². The predicted molar refractivity (Wildman–Crippen MR) is 47.4 cm³/mol. The standard InChI is InChI=1S/C6H13N5O2/c1-5(2)10-3-7-6(8-4-10)9-11(12)13/h5H,3-4H2,1-2H3,(H2,7,8,9). The summed E-state index contributed by atoms with van der Waals surface area (Å²) in [5.41, 5.74) is 0. The summed E-state index contributed by atoms with van der Waals surface area (Å²) in [6.07, 6.45) is 0. The first-order chi connectivity index (χ1) is 6.09. The Labute approximate surface area is 75.9 Å². The van der Waals surface area contributed by atoms with Gasteiger partial charge in [0.2, 0.25) is 0 Å². The molecule has 1 heterocycles. The third-order valence-electron chi connectivity index (χ3n) is 1.81. The SMILES string of the molecule is CC(C)N1CNC(=N[N+](=O)[O-])NC1.